The van der Waals surface area contributed by atoms with E-state index in [-0.39, 0.29) is 17.4 Å². The van der Waals surface area contributed by atoms with E-state index < -0.39 is 0 Å². The molecule has 0 spiro atoms. The predicted molar refractivity (Wildman–Crippen MR) is 101 cm³/mol. The Morgan fingerprint density at radius 3 is 2.73 bits per heavy atom. The van der Waals surface area contributed by atoms with Gasteiger partial charge in [-0.2, -0.15) is 0 Å². The number of carbonyl (C=O) groups is 1. The molecule has 1 atom stereocenters. The quantitative estimate of drug-likeness (QED) is 0.810. The number of nitrogens with zero attached hydrogens (tertiary/aromatic N) is 1. The van der Waals surface area contributed by atoms with Gasteiger partial charge in [0.25, 0.3) is 5.56 Å². The van der Waals surface area contributed by atoms with Crippen LogP contribution >= 0.6 is 0 Å². The van der Waals surface area contributed by atoms with Gasteiger partial charge in [0, 0.05) is 31.3 Å². The Balaban J connectivity index is 1.58. The molecule has 5 nitrogen and oxygen atoms in total. The van der Waals surface area contributed by atoms with Crippen molar-refractivity contribution in [2.24, 2.45) is 5.92 Å². The van der Waals surface area contributed by atoms with E-state index in [0.717, 1.165) is 43.6 Å². The number of nitrogens with one attached hydrogen (secondary N) is 1. The van der Waals surface area contributed by atoms with E-state index >= 15 is 0 Å². The molecule has 0 amide bonds. The number of carbonyl (C=O) groups excluding carboxylic acids is 1. The van der Waals surface area contributed by atoms with Gasteiger partial charge in [0.2, 0.25) is 0 Å². The zero-order valence-corrected chi connectivity index (χ0v) is 15.2. The SMILES string of the molecule is CCOC(=O)C1CCCN(Cc2ccc(Cc3ccc[nH]c3=O)cc2)C1. The van der Waals surface area contributed by atoms with Gasteiger partial charge in [-0.05, 0) is 43.5 Å². The van der Waals surface area contributed by atoms with E-state index in [0.29, 0.717) is 13.0 Å². The van der Waals surface area contributed by atoms with Gasteiger partial charge in [-0.15, -0.1) is 0 Å². The minimum atomic E-state index is -0.0689. The second-order valence-electron chi connectivity index (χ2n) is 6.84. The average molecular weight is 354 g/mol. The van der Waals surface area contributed by atoms with E-state index in [9.17, 15) is 9.59 Å². The molecule has 1 N–H and O–H groups in total. The van der Waals surface area contributed by atoms with Crippen molar-refractivity contribution in [1.82, 2.24) is 9.88 Å². The number of hydrogen-bond donors (Lipinski definition) is 1. The summed E-state index contributed by atoms with van der Waals surface area (Å²) in [5, 5.41) is 0. The zero-order valence-electron chi connectivity index (χ0n) is 15.2. The van der Waals surface area contributed by atoms with Crippen LogP contribution in [0.15, 0.2) is 47.4 Å². The Morgan fingerprint density at radius 2 is 2.00 bits per heavy atom. The number of benzene rings is 1. The van der Waals surface area contributed by atoms with Crippen LogP contribution in [-0.2, 0) is 22.5 Å². The number of piperidine rings is 1. The maximum Gasteiger partial charge on any atom is 0.310 e. The lowest BCUT2D eigenvalue weighted by atomic mass is 9.97. The number of hydrogen-bond acceptors (Lipinski definition) is 4. The number of ether oxygens (including phenoxy) is 1. The minimum Gasteiger partial charge on any atom is -0.466 e. The number of pyridine rings is 1. The highest BCUT2D eigenvalue weighted by Crippen LogP contribution is 2.20. The third-order valence-electron chi connectivity index (χ3n) is 4.85. The molecule has 0 aliphatic carbocycles. The fourth-order valence-corrected chi connectivity index (χ4v) is 3.49. The first-order valence-corrected chi connectivity index (χ1v) is 9.29. The van der Waals surface area contributed by atoms with Crippen LogP contribution in [0.25, 0.3) is 0 Å². The molecular formula is C21H26N2O3. The zero-order chi connectivity index (χ0) is 18.4. The van der Waals surface area contributed by atoms with Crippen LogP contribution in [0, 0.1) is 5.92 Å². The largest absolute Gasteiger partial charge is 0.466 e. The Bertz CT molecular complexity index is 782. The Kier molecular flexibility index (Phi) is 6.23. The maximum absolute atomic E-state index is 12.0. The topological polar surface area (TPSA) is 62.4 Å². The molecule has 1 saturated heterocycles. The molecule has 1 unspecified atom stereocenters. The number of aromatic amines is 1. The van der Waals surface area contributed by atoms with Crippen molar-refractivity contribution in [2.75, 3.05) is 19.7 Å². The van der Waals surface area contributed by atoms with Crippen LogP contribution < -0.4 is 5.56 Å². The van der Waals surface area contributed by atoms with E-state index in [4.69, 9.17) is 4.74 Å². The molecule has 3 rings (SSSR count). The highest BCUT2D eigenvalue weighted by Gasteiger charge is 2.26. The standard InChI is InChI=1S/C21H26N2O3/c1-2-26-21(25)19-6-4-12-23(15-19)14-17-9-7-16(8-10-17)13-18-5-3-11-22-20(18)24/h3,5,7-11,19H,2,4,6,12-15H2,1H3,(H,22,24). The molecule has 0 bridgehead atoms. The minimum absolute atomic E-state index is 0.00669. The lowest BCUT2D eigenvalue weighted by Gasteiger charge is -2.31. The van der Waals surface area contributed by atoms with Crippen molar-refractivity contribution in [3.05, 3.63) is 69.6 Å². The van der Waals surface area contributed by atoms with Gasteiger partial charge in [0.05, 0.1) is 12.5 Å². The van der Waals surface area contributed by atoms with Crippen LogP contribution in [0.4, 0.5) is 0 Å². The lowest BCUT2D eigenvalue weighted by molar-refractivity contribution is -0.150. The number of esters is 1. The summed E-state index contributed by atoms with van der Waals surface area (Å²) < 4.78 is 5.17. The number of aromatic nitrogens is 1. The second kappa shape index (κ2) is 8.81. The van der Waals surface area contributed by atoms with Crippen molar-refractivity contribution in [2.45, 2.75) is 32.7 Å². The molecule has 0 saturated carbocycles. The number of likely N-dealkylation sites (tertiary alicyclic amines) is 1. The average Bonchev–Trinajstić information content (AvgIpc) is 2.66. The number of H-pyrrole nitrogens is 1. The molecule has 2 aromatic rings. The summed E-state index contributed by atoms with van der Waals surface area (Å²) in [6.07, 6.45) is 4.22. The van der Waals surface area contributed by atoms with Crippen LogP contribution in [0.1, 0.15) is 36.5 Å². The van der Waals surface area contributed by atoms with E-state index in [1.165, 1.54) is 5.56 Å². The molecule has 1 fully saturated rings. The third kappa shape index (κ3) is 4.82. The summed E-state index contributed by atoms with van der Waals surface area (Å²) in [6, 6.07) is 12.1. The summed E-state index contributed by atoms with van der Waals surface area (Å²) in [5.41, 5.74) is 3.08. The van der Waals surface area contributed by atoms with Crippen LogP contribution in [-0.4, -0.2) is 35.5 Å². The summed E-state index contributed by atoms with van der Waals surface area (Å²) >= 11 is 0. The third-order valence-corrected chi connectivity index (χ3v) is 4.85. The van der Waals surface area contributed by atoms with Gasteiger partial charge in [-0.3, -0.25) is 14.5 Å². The van der Waals surface area contributed by atoms with E-state index in [1.54, 1.807) is 6.20 Å². The fraction of sp³-hybridized carbons (Fsp3) is 0.429. The normalized spacial score (nSPS) is 17.8. The van der Waals surface area contributed by atoms with Gasteiger partial charge in [0.1, 0.15) is 0 Å². The van der Waals surface area contributed by atoms with Gasteiger partial charge < -0.3 is 9.72 Å². The van der Waals surface area contributed by atoms with Crippen molar-refractivity contribution in [1.29, 1.82) is 0 Å². The molecule has 1 aliphatic rings. The van der Waals surface area contributed by atoms with E-state index in [2.05, 4.69) is 34.1 Å². The number of rotatable bonds is 6. The Hall–Kier alpha value is -2.40. The first-order valence-electron chi connectivity index (χ1n) is 9.29. The van der Waals surface area contributed by atoms with E-state index in [1.807, 2.05) is 19.1 Å². The fourth-order valence-electron chi connectivity index (χ4n) is 3.49. The summed E-state index contributed by atoms with van der Waals surface area (Å²) in [6.45, 7) is 4.91. The highest BCUT2D eigenvalue weighted by atomic mass is 16.5. The van der Waals surface area contributed by atoms with Gasteiger partial charge in [0.15, 0.2) is 0 Å². The molecule has 2 heterocycles. The van der Waals surface area contributed by atoms with Crippen molar-refractivity contribution < 1.29 is 9.53 Å². The smallest absolute Gasteiger partial charge is 0.310 e. The Morgan fingerprint density at radius 1 is 1.23 bits per heavy atom. The maximum atomic E-state index is 12.0. The molecule has 0 radical (unpaired) electrons. The van der Waals surface area contributed by atoms with Crippen molar-refractivity contribution >= 4 is 5.97 Å². The molecule has 26 heavy (non-hydrogen) atoms. The molecule has 1 aliphatic heterocycles. The van der Waals surface area contributed by atoms with Gasteiger partial charge >= 0.3 is 5.97 Å². The molecule has 5 heteroatoms. The molecule has 1 aromatic carbocycles. The first-order chi connectivity index (χ1) is 12.7. The molecular weight excluding hydrogens is 328 g/mol. The van der Waals surface area contributed by atoms with Crippen molar-refractivity contribution in [3.8, 4) is 0 Å². The summed E-state index contributed by atoms with van der Waals surface area (Å²) in [5.74, 6) is -0.0755. The predicted octanol–water partition coefficient (Wildman–Crippen LogP) is 2.74. The van der Waals surface area contributed by atoms with Gasteiger partial charge in [-0.25, -0.2) is 0 Å². The lowest BCUT2D eigenvalue weighted by Crippen LogP contribution is -2.38. The van der Waals surface area contributed by atoms with Crippen LogP contribution in [0.5, 0.6) is 0 Å². The van der Waals surface area contributed by atoms with Crippen LogP contribution in [0.2, 0.25) is 0 Å². The first kappa shape index (κ1) is 18.4. The highest BCUT2D eigenvalue weighted by molar-refractivity contribution is 5.72. The second-order valence-corrected chi connectivity index (χ2v) is 6.84. The van der Waals surface area contributed by atoms with Crippen molar-refractivity contribution in [3.63, 3.8) is 0 Å². The summed E-state index contributed by atoms with van der Waals surface area (Å²) in [4.78, 5) is 28.8. The molecule has 138 valence electrons. The summed E-state index contributed by atoms with van der Waals surface area (Å²) in [7, 11) is 0. The molecule has 1 aromatic heterocycles. The Labute approximate surface area is 154 Å². The van der Waals surface area contributed by atoms with Crippen LogP contribution in [0.3, 0.4) is 0 Å². The van der Waals surface area contributed by atoms with Gasteiger partial charge in [-0.1, -0.05) is 30.3 Å². The monoisotopic (exact) mass is 354 g/mol.